The van der Waals surface area contributed by atoms with Crippen molar-refractivity contribution in [3.63, 3.8) is 0 Å². The van der Waals surface area contributed by atoms with E-state index in [2.05, 4.69) is 48.9 Å². The van der Waals surface area contributed by atoms with Gasteiger partial charge in [-0.3, -0.25) is 9.88 Å². The second kappa shape index (κ2) is 9.88. The van der Waals surface area contributed by atoms with Crippen LogP contribution >= 0.6 is 0 Å². The summed E-state index contributed by atoms with van der Waals surface area (Å²) < 4.78 is 32.6. The molecule has 2 aromatic carbocycles. The fourth-order valence-electron chi connectivity index (χ4n) is 5.59. The summed E-state index contributed by atoms with van der Waals surface area (Å²) in [5, 5.41) is -0.641. The van der Waals surface area contributed by atoms with Crippen LogP contribution < -0.4 is 4.74 Å². The van der Waals surface area contributed by atoms with Crippen molar-refractivity contribution >= 4 is 9.84 Å². The average Bonchev–Trinajstić information content (AvgIpc) is 2.88. The third kappa shape index (κ3) is 5.60. The highest BCUT2D eigenvalue weighted by Crippen LogP contribution is 2.41. The lowest BCUT2D eigenvalue weighted by molar-refractivity contribution is -0.0355. The molecule has 5 rings (SSSR count). The van der Waals surface area contributed by atoms with Crippen molar-refractivity contribution in [2.75, 3.05) is 13.1 Å². The fraction of sp³-hybridized carbons (Fsp3) is 0.452. The number of nitrogens with zero attached hydrogens (tertiary/aromatic N) is 2. The molecule has 3 heterocycles. The Labute approximate surface area is 221 Å². The second-order valence-corrected chi connectivity index (χ2v) is 14.0. The maximum Gasteiger partial charge on any atom is 0.162 e. The predicted octanol–water partition coefficient (Wildman–Crippen LogP) is 6.38. The number of benzene rings is 2. The highest BCUT2D eigenvalue weighted by Gasteiger charge is 2.41. The molecule has 0 saturated carbocycles. The minimum atomic E-state index is -3.36. The molecule has 37 heavy (non-hydrogen) atoms. The Kier molecular flexibility index (Phi) is 6.92. The number of hydrogen-bond acceptors (Lipinski definition) is 5. The van der Waals surface area contributed by atoms with E-state index in [-0.39, 0.29) is 16.9 Å². The first-order valence-corrected chi connectivity index (χ1v) is 15.1. The Morgan fingerprint density at radius 2 is 1.68 bits per heavy atom. The van der Waals surface area contributed by atoms with Gasteiger partial charge in [-0.25, -0.2) is 8.42 Å². The number of rotatable bonds is 5. The van der Waals surface area contributed by atoms with E-state index in [9.17, 15) is 8.42 Å². The maximum atomic E-state index is 13.0. The minimum Gasteiger partial charge on any atom is -0.487 e. The lowest BCUT2D eigenvalue weighted by Crippen LogP contribution is -2.54. The van der Waals surface area contributed by atoms with E-state index in [0.29, 0.717) is 5.69 Å². The molecule has 2 aliphatic rings. The van der Waals surface area contributed by atoms with Gasteiger partial charge in [-0.2, -0.15) is 0 Å². The Morgan fingerprint density at radius 3 is 2.32 bits per heavy atom. The summed E-state index contributed by atoms with van der Waals surface area (Å²) >= 11 is 0. The summed E-state index contributed by atoms with van der Waals surface area (Å²) in [6.45, 7) is 10.7. The number of fused-ring (bicyclic) bond motifs is 1. The topological polar surface area (TPSA) is 59.5 Å². The van der Waals surface area contributed by atoms with Crippen LogP contribution in [0.5, 0.6) is 5.75 Å². The first kappa shape index (κ1) is 25.9. The van der Waals surface area contributed by atoms with Crippen molar-refractivity contribution in [1.29, 1.82) is 0 Å². The van der Waals surface area contributed by atoms with E-state index < -0.39 is 15.1 Å². The molecule has 0 bridgehead atoms. The van der Waals surface area contributed by atoms with Gasteiger partial charge in [0.15, 0.2) is 9.84 Å². The normalized spacial score (nSPS) is 18.7. The molecule has 0 N–H and O–H groups in total. The van der Waals surface area contributed by atoms with Crippen molar-refractivity contribution in [3.8, 4) is 16.9 Å². The molecular weight excluding hydrogens is 480 g/mol. The molecule has 1 unspecified atom stereocenters. The lowest BCUT2D eigenvalue weighted by atomic mass is 9.81. The van der Waals surface area contributed by atoms with Crippen LogP contribution in [-0.2, 0) is 22.0 Å². The van der Waals surface area contributed by atoms with Crippen LogP contribution in [0.2, 0.25) is 0 Å². The van der Waals surface area contributed by atoms with Gasteiger partial charge in [0, 0.05) is 24.8 Å². The van der Waals surface area contributed by atoms with Crippen molar-refractivity contribution in [1.82, 2.24) is 9.88 Å². The molecule has 196 valence electrons. The number of likely N-dealkylation sites (tertiary alicyclic amines) is 1. The zero-order chi connectivity index (χ0) is 26.3. The zero-order valence-electron chi connectivity index (χ0n) is 22.4. The summed E-state index contributed by atoms with van der Waals surface area (Å²) in [4.78, 5) is 6.79. The van der Waals surface area contributed by atoms with Crippen molar-refractivity contribution in [2.24, 2.45) is 0 Å². The van der Waals surface area contributed by atoms with Gasteiger partial charge in [-0.1, -0.05) is 36.4 Å². The Morgan fingerprint density at radius 1 is 0.973 bits per heavy atom. The van der Waals surface area contributed by atoms with Crippen LogP contribution in [0, 0.1) is 0 Å². The van der Waals surface area contributed by atoms with Crippen LogP contribution in [0.4, 0.5) is 0 Å². The molecule has 5 nitrogen and oxygen atoms in total. The van der Waals surface area contributed by atoms with Crippen LogP contribution in [0.1, 0.15) is 69.0 Å². The van der Waals surface area contributed by atoms with Crippen LogP contribution in [0.15, 0.2) is 66.9 Å². The summed E-state index contributed by atoms with van der Waals surface area (Å²) in [7, 11) is -3.36. The summed E-state index contributed by atoms with van der Waals surface area (Å²) in [6.07, 6.45) is 5.88. The van der Waals surface area contributed by atoms with E-state index >= 15 is 0 Å². The van der Waals surface area contributed by atoms with E-state index in [4.69, 9.17) is 4.74 Å². The first-order valence-electron chi connectivity index (χ1n) is 13.3. The molecule has 3 aromatic rings. The van der Waals surface area contributed by atoms with Gasteiger partial charge in [0.2, 0.25) is 0 Å². The summed E-state index contributed by atoms with van der Waals surface area (Å²) in [5.41, 5.74) is 5.03. The van der Waals surface area contributed by atoms with Gasteiger partial charge in [0.25, 0.3) is 0 Å². The number of ether oxygens (including phenoxy) is 1. The number of aryl methyl sites for hydroxylation is 1. The van der Waals surface area contributed by atoms with Gasteiger partial charge in [0.1, 0.15) is 16.6 Å². The van der Waals surface area contributed by atoms with Crippen molar-refractivity contribution < 1.29 is 13.2 Å². The van der Waals surface area contributed by atoms with Crippen molar-refractivity contribution in [2.45, 2.75) is 75.5 Å². The largest absolute Gasteiger partial charge is 0.487 e. The quantitative estimate of drug-likeness (QED) is 0.392. The van der Waals surface area contributed by atoms with Crippen LogP contribution in [0.25, 0.3) is 11.1 Å². The standard InChI is InChI=1S/C31H38N2O3S/c1-23(28-7-5-6-18-32-28)37(34,35)22-24-8-10-25(11-9-24)26-12-13-29-27(21-26)14-15-31(36-29)16-19-33(20-17-31)30(2,3)4/h5-13,18,21,23H,14-17,19-20,22H2,1-4H3. The van der Waals surface area contributed by atoms with E-state index in [1.165, 1.54) is 5.56 Å². The van der Waals surface area contributed by atoms with Crippen LogP contribution in [-0.4, -0.2) is 42.5 Å². The monoisotopic (exact) mass is 518 g/mol. The van der Waals surface area contributed by atoms with Crippen LogP contribution in [0.3, 0.4) is 0 Å². The smallest absolute Gasteiger partial charge is 0.162 e. The number of pyridine rings is 1. The number of piperidine rings is 1. The van der Waals surface area contributed by atoms with Gasteiger partial charge in [0.05, 0.1) is 11.4 Å². The molecule has 0 radical (unpaired) electrons. The summed E-state index contributed by atoms with van der Waals surface area (Å²) in [6, 6.07) is 19.7. The molecule has 1 atom stereocenters. The molecule has 2 aliphatic heterocycles. The second-order valence-electron chi connectivity index (χ2n) is 11.7. The third-order valence-electron chi connectivity index (χ3n) is 8.16. The van der Waals surface area contributed by atoms with E-state index in [1.807, 2.05) is 30.3 Å². The first-order chi connectivity index (χ1) is 17.5. The number of hydrogen-bond donors (Lipinski definition) is 0. The van der Waals surface area contributed by atoms with Gasteiger partial charge < -0.3 is 4.74 Å². The molecule has 0 amide bonds. The third-order valence-corrected chi connectivity index (χ3v) is 10.2. The Hall–Kier alpha value is -2.70. The maximum absolute atomic E-state index is 13.0. The van der Waals surface area contributed by atoms with Crippen molar-refractivity contribution in [3.05, 3.63) is 83.7 Å². The highest BCUT2D eigenvalue weighted by atomic mass is 32.2. The average molecular weight is 519 g/mol. The molecule has 1 fully saturated rings. The van der Waals surface area contributed by atoms with E-state index in [1.54, 1.807) is 25.3 Å². The molecular formula is C31H38N2O3S. The molecule has 6 heteroatoms. The number of aromatic nitrogens is 1. The molecule has 1 aromatic heterocycles. The van der Waals surface area contributed by atoms with Gasteiger partial charge in [-0.15, -0.1) is 0 Å². The molecule has 1 spiro atoms. The molecule has 1 saturated heterocycles. The summed E-state index contributed by atoms with van der Waals surface area (Å²) in [5.74, 6) is 1.02. The van der Waals surface area contributed by atoms with Gasteiger partial charge in [-0.05, 0) is 99.9 Å². The van der Waals surface area contributed by atoms with Gasteiger partial charge >= 0.3 is 0 Å². The zero-order valence-corrected chi connectivity index (χ0v) is 23.2. The number of sulfone groups is 1. The molecule has 0 aliphatic carbocycles. The van der Waals surface area contributed by atoms with E-state index in [0.717, 1.165) is 61.2 Å². The Bertz CT molecular complexity index is 1340. The lowest BCUT2D eigenvalue weighted by Gasteiger charge is -2.48. The fourth-order valence-corrected chi connectivity index (χ4v) is 7.00. The predicted molar refractivity (Wildman–Crippen MR) is 149 cm³/mol. The highest BCUT2D eigenvalue weighted by molar-refractivity contribution is 7.90. The minimum absolute atomic E-state index is 0.00221. The Balaban J connectivity index is 1.26. The SMILES string of the molecule is CC(c1ccccn1)S(=O)(=O)Cc1ccc(-c2ccc3c(c2)CCC2(CCN(C(C)(C)C)CC2)O3)cc1.